The number of halogens is 1. The van der Waals surface area contributed by atoms with Gasteiger partial charge in [-0.25, -0.2) is 4.68 Å². The number of rotatable bonds is 3. The van der Waals surface area contributed by atoms with Gasteiger partial charge >= 0.3 is 0 Å². The van der Waals surface area contributed by atoms with Gasteiger partial charge in [-0.2, -0.15) is 5.10 Å². The van der Waals surface area contributed by atoms with Crippen LogP contribution in [0, 0.1) is 0 Å². The van der Waals surface area contributed by atoms with E-state index in [1.54, 1.807) is 4.68 Å². The highest BCUT2D eigenvalue weighted by atomic mass is 79.9. The second-order valence-corrected chi connectivity index (χ2v) is 2.99. The molecule has 1 heterocycles. The summed E-state index contributed by atoms with van der Waals surface area (Å²) in [5.41, 5.74) is 0. The van der Waals surface area contributed by atoms with E-state index in [4.69, 9.17) is 4.74 Å². The molecular formula is C7H11BrN2O. The van der Waals surface area contributed by atoms with Crippen LogP contribution in [0.4, 0.5) is 0 Å². The summed E-state index contributed by atoms with van der Waals surface area (Å²) >= 11 is 3.26. The summed E-state index contributed by atoms with van der Waals surface area (Å²) in [5, 5.41) is 4.14. The predicted octanol–water partition coefficient (Wildman–Crippen LogP) is 2.20. The van der Waals surface area contributed by atoms with Crippen molar-refractivity contribution in [3.05, 3.63) is 16.9 Å². The maximum absolute atomic E-state index is 5.32. The van der Waals surface area contributed by atoms with E-state index in [1.165, 1.54) is 0 Å². The average Bonchev–Trinajstić information content (AvgIpc) is 2.36. The van der Waals surface area contributed by atoms with Crippen LogP contribution in [0.25, 0.3) is 0 Å². The van der Waals surface area contributed by atoms with Gasteiger partial charge in [0.1, 0.15) is 10.8 Å². The Balaban J connectivity index is 2.60. The molecule has 0 aliphatic heterocycles. The normalized spacial score (nSPS) is 13.4. The molecule has 0 unspecified atom stereocenters. The zero-order chi connectivity index (χ0) is 8.27. The predicted molar refractivity (Wildman–Crippen MR) is 46.3 cm³/mol. The SMILES string of the molecule is CCO[C@@H](C)n1ccc(Br)n1. The highest BCUT2D eigenvalue weighted by Gasteiger charge is 2.03. The molecule has 4 heteroatoms. The summed E-state index contributed by atoms with van der Waals surface area (Å²) in [5.74, 6) is 0. The molecule has 0 saturated carbocycles. The van der Waals surface area contributed by atoms with Crippen molar-refractivity contribution < 1.29 is 4.74 Å². The molecule has 62 valence electrons. The minimum absolute atomic E-state index is 0.0197. The Kier molecular flexibility index (Phi) is 3.08. The van der Waals surface area contributed by atoms with Crippen LogP contribution >= 0.6 is 15.9 Å². The van der Waals surface area contributed by atoms with E-state index < -0.39 is 0 Å². The first kappa shape index (κ1) is 8.74. The molecule has 0 spiro atoms. The van der Waals surface area contributed by atoms with Gasteiger partial charge < -0.3 is 4.74 Å². The van der Waals surface area contributed by atoms with Crippen molar-refractivity contribution in [2.24, 2.45) is 0 Å². The molecule has 3 nitrogen and oxygen atoms in total. The molecular weight excluding hydrogens is 208 g/mol. The van der Waals surface area contributed by atoms with Crippen LogP contribution in [0.15, 0.2) is 16.9 Å². The van der Waals surface area contributed by atoms with Crippen molar-refractivity contribution in [2.45, 2.75) is 20.1 Å². The molecule has 0 aromatic carbocycles. The number of nitrogens with zero attached hydrogens (tertiary/aromatic N) is 2. The monoisotopic (exact) mass is 218 g/mol. The Hall–Kier alpha value is -0.350. The van der Waals surface area contributed by atoms with Crippen LogP contribution in [0.1, 0.15) is 20.1 Å². The third-order valence-electron chi connectivity index (χ3n) is 1.36. The minimum atomic E-state index is 0.0197. The molecule has 0 aliphatic rings. The van der Waals surface area contributed by atoms with Gasteiger partial charge in [-0.05, 0) is 35.8 Å². The van der Waals surface area contributed by atoms with Crippen LogP contribution in [0.2, 0.25) is 0 Å². The fraction of sp³-hybridized carbons (Fsp3) is 0.571. The molecule has 1 rings (SSSR count). The third kappa shape index (κ3) is 2.31. The second kappa shape index (κ2) is 3.88. The fourth-order valence-corrected chi connectivity index (χ4v) is 1.14. The third-order valence-corrected chi connectivity index (χ3v) is 1.78. The van der Waals surface area contributed by atoms with E-state index in [9.17, 15) is 0 Å². The number of hydrogen-bond donors (Lipinski definition) is 0. The van der Waals surface area contributed by atoms with Gasteiger partial charge in [-0.15, -0.1) is 0 Å². The van der Waals surface area contributed by atoms with Gasteiger partial charge in [0.25, 0.3) is 0 Å². The van der Waals surface area contributed by atoms with Crippen molar-refractivity contribution >= 4 is 15.9 Å². The van der Waals surface area contributed by atoms with Crippen molar-refractivity contribution in [1.29, 1.82) is 0 Å². The molecule has 11 heavy (non-hydrogen) atoms. The molecule has 1 aromatic rings. The van der Waals surface area contributed by atoms with Crippen LogP contribution in [-0.2, 0) is 4.74 Å². The van der Waals surface area contributed by atoms with Gasteiger partial charge in [0.15, 0.2) is 0 Å². The largest absolute Gasteiger partial charge is 0.357 e. The lowest BCUT2D eigenvalue weighted by Gasteiger charge is -2.10. The molecule has 0 saturated heterocycles. The molecule has 0 aliphatic carbocycles. The lowest BCUT2D eigenvalue weighted by molar-refractivity contribution is 0.0157. The highest BCUT2D eigenvalue weighted by molar-refractivity contribution is 9.10. The minimum Gasteiger partial charge on any atom is -0.357 e. The smallest absolute Gasteiger partial charge is 0.147 e. The Bertz CT molecular complexity index is 224. The number of hydrogen-bond acceptors (Lipinski definition) is 2. The molecule has 0 amide bonds. The molecule has 1 aromatic heterocycles. The van der Waals surface area contributed by atoms with Gasteiger partial charge in [0.05, 0.1) is 0 Å². The second-order valence-electron chi connectivity index (χ2n) is 2.17. The summed E-state index contributed by atoms with van der Waals surface area (Å²) in [6.45, 7) is 4.64. The molecule has 0 radical (unpaired) electrons. The summed E-state index contributed by atoms with van der Waals surface area (Å²) in [4.78, 5) is 0. The van der Waals surface area contributed by atoms with E-state index in [2.05, 4.69) is 21.0 Å². The zero-order valence-electron chi connectivity index (χ0n) is 6.62. The first-order valence-corrected chi connectivity index (χ1v) is 4.35. The maximum atomic E-state index is 5.32. The van der Waals surface area contributed by atoms with E-state index in [0.717, 1.165) is 4.60 Å². The summed E-state index contributed by atoms with van der Waals surface area (Å²) in [6, 6.07) is 1.88. The average molecular weight is 219 g/mol. The Morgan fingerprint density at radius 3 is 3.00 bits per heavy atom. The van der Waals surface area contributed by atoms with Gasteiger partial charge in [-0.1, -0.05) is 0 Å². The molecule has 0 bridgehead atoms. The zero-order valence-corrected chi connectivity index (χ0v) is 8.21. The van der Waals surface area contributed by atoms with Crippen molar-refractivity contribution in [3.8, 4) is 0 Å². The van der Waals surface area contributed by atoms with E-state index in [-0.39, 0.29) is 6.23 Å². The van der Waals surface area contributed by atoms with E-state index in [0.29, 0.717) is 6.61 Å². The molecule has 0 fully saturated rings. The van der Waals surface area contributed by atoms with Crippen LogP contribution in [0.5, 0.6) is 0 Å². The van der Waals surface area contributed by atoms with Crippen molar-refractivity contribution in [1.82, 2.24) is 9.78 Å². The highest BCUT2D eigenvalue weighted by Crippen LogP contribution is 2.10. The number of aromatic nitrogens is 2. The lowest BCUT2D eigenvalue weighted by Crippen LogP contribution is -2.09. The summed E-state index contributed by atoms with van der Waals surface area (Å²) in [7, 11) is 0. The topological polar surface area (TPSA) is 27.1 Å². The van der Waals surface area contributed by atoms with Crippen LogP contribution in [-0.4, -0.2) is 16.4 Å². The Morgan fingerprint density at radius 2 is 2.55 bits per heavy atom. The van der Waals surface area contributed by atoms with Crippen molar-refractivity contribution in [2.75, 3.05) is 6.61 Å². The Labute approximate surface area is 74.5 Å². The van der Waals surface area contributed by atoms with Crippen molar-refractivity contribution in [3.63, 3.8) is 0 Å². The molecule has 1 atom stereocenters. The Morgan fingerprint density at radius 1 is 1.82 bits per heavy atom. The quantitative estimate of drug-likeness (QED) is 0.779. The lowest BCUT2D eigenvalue weighted by atomic mass is 10.6. The fourth-order valence-electron chi connectivity index (χ4n) is 0.835. The number of ether oxygens (including phenoxy) is 1. The summed E-state index contributed by atoms with van der Waals surface area (Å²) < 4.78 is 7.93. The van der Waals surface area contributed by atoms with Gasteiger partial charge in [0.2, 0.25) is 0 Å². The first-order chi connectivity index (χ1) is 5.24. The van der Waals surface area contributed by atoms with Gasteiger partial charge in [-0.3, -0.25) is 0 Å². The van der Waals surface area contributed by atoms with E-state index in [1.807, 2.05) is 26.1 Å². The molecule has 0 N–H and O–H groups in total. The van der Waals surface area contributed by atoms with Crippen LogP contribution in [0.3, 0.4) is 0 Å². The van der Waals surface area contributed by atoms with E-state index >= 15 is 0 Å². The van der Waals surface area contributed by atoms with Crippen LogP contribution < -0.4 is 0 Å². The van der Waals surface area contributed by atoms with Gasteiger partial charge in [0, 0.05) is 12.8 Å². The standard InChI is InChI=1S/C7H11BrN2O/c1-3-11-6(2)10-5-4-7(8)9-10/h4-6H,3H2,1-2H3/t6-/m0/s1. The first-order valence-electron chi connectivity index (χ1n) is 3.56. The maximum Gasteiger partial charge on any atom is 0.147 e. The summed E-state index contributed by atoms with van der Waals surface area (Å²) in [6.07, 6.45) is 1.90.